The summed E-state index contributed by atoms with van der Waals surface area (Å²) in [5.41, 5.74) is 2.80. The first-order valence-corrected chi connectivity index (χ1v) is 8.27. The van der Waals surface area contributed by atoms with Gasteiger partial charge in [0, 0.05) is 0 Å². The minimum atomic E-state index is -0.540. The minimum Gasteiger partial charge on any atom is -0.460 e. The van der Waals surface area contributed by atoms with E-state index in [0.29, 0.717) is 0 Å². The predicted octanol–water partition coefficient (Wildman–Crippen LogP) is 5.50. The Morgan fingerprint density at radius 1 is 1.12 bits per heavy atom. The summed E-state index contributed by atoms with van der Waals surface area (Å²) in [6.07, 6.45) is 0.134. The maximum absolute atomic E-state index is 14.1. The number of benzene rings is 2. The fraction of sp³-hybridized carbons (Fsp3) is 0.381. The second kappa shape index (κ2) is 7.16. The normalized spacial score (nSPS) is 11.6. The Balaban J connectivity index is 2.52. The van der Waals surface area contributed by atoms with Gasteiger partial charge in [-0.3, -0.25) is 4.79 Å². The van der Waals surface area contributed by atoms with Gasteiger partial charge in [-0.05, 0) is 61.1 Å². The van der Waals surface area contributed by atoms with E-state index in [2.05, 4.69) is 0 Å². The summed E-state index contributed by atoms with van der Waals surface area (Å²) in [6.45, 7) is 9.54. The molecule has 3 heteroatoms. The molecule has 128 valence electrons. The fourth-order valence-electron chi connectivity index (χ4n) is 2.77. The highest BCUT2D eigenvalue weighted by Gasteiger charge is 2.21. The first kappa shape index (κ1) is 18.2. The Bertz CT molecular complexity index is 713. The molecule has 24 heavy (non-hydrogen) atoms. The molecule has 2 rings (SSSR count). The molecule has 0 aliphatic carbocycles. The molecule has 2 aromatic rings. The molecule has 2 nitrogen and oxygen atoms in total. The third-order valence-electron chi connectivity index (χ3n) is 3.70. The second-order valence-corrected chi connectivity index (χ2v) is 7.31. The quantitative estimate of drug-likeness (QED) is 0.693. The molecule has 0 unspecified atom stereocenters. The number of hydrogen-bond donors (Lipinski definition) is 0. The smallest absolute Gasteiger partial charge is 0.310 e. The summed E-state index contributed by atoms with van der Waals surface area (Å²) in [5.74, 6) is -0.473. The van der Waals surface area contributed by atoms with Crippen molar-refractivity contribution >= 4 is 5.97 Å². The monoisotopic (exact) mass is 328 g/mol. The Labute approximate surface area is 143 Å². The van der Waals surface area contributed by atoms with E-state index < -0.39 is 5.60 Å². The maximum Gasteiger partial charge on any atom is 0.310 e. The van der Waals surface area contributed by atoms with Crippen LogP contribution in [0.5, 0.6) is 0 Å². The molecule has 0 radical (unpaired) electrons. The van der Waals surface area contributed by atoms with Crippen LogP contribution in [0.2, 0.25) is 0 Å². The van der Waals surface area contributed by atoms with Crippen molar-refractivity contribution in [1.29, 1.82) is 0 Å². The zero-order valence-corrected chi connectivity index (χ0v) is 15.0. The fourth-order valence-corrected chi connectivity index (χ4v) is 2.77. The predicted molar refractivity (Wildman–Crippen MR) is 95.5 cm³/mol. The summed E-state index contributed by atoms with van der Waals surface area (Å²) < 4.78 is 19.6. The molecular formula is C21H25FO2. The van der Waals surface area contributed by atoms with Crippen molar-refractivity contribution in [3.05, 3.63) is 59.4 Å². The van der Waals surface area contributed by atoms with Gasteiger partial charge in [0.15, 0.2) is 0 Å². The average molecular weight is 328 g/mol. The SMILES string of the molecule is CC(C)c1cc(F)cc(-c2ccccc2)c1CC(=O)OC(C)(C)C. The average Bonchev–Trinajstić information content (AvgIpc) is 2.47. The van der Waals surface area contributed by atoms with E-state index in [1.54, 1.807) is 0 Å². The van der Waals surface area contributed by atoms with E-state index in [4.69, 9.17) is 4.74 Å². The lowest BCUT2D eigenvalue weighted by Gasteiger charge is -2.22. The van der Waals surface area contributed by atoms with E-state index in [1.165, 1.54) is 12.1 Å². The number of ether oxygens (including phenoxy) is 1. The highest BCUT2D eigenvalue weighted by molar-refractivity contribution is 5.79. The molecule has 0 saturated carbocycles. The maximum atomic E-state index is 14.1. The van der Waals surface area contributed by atoms with Gasteiger partial charge < -0.3 is 4.74 Å². The Morgan fingerprint density at radius 2 is 1.75 bits per heavy atom. The summed E-state index contributed by atoms with van der Waals surface area (Å²) in [7, 11) is 0. The van der Waals surface area contributed by atoms with Gasteiger partial charge in [0.2, 0.25) is 0 Å². The van der Waals surface area contributed by atoms with Crippen LogP contribution in [0.3, 0.4) is 0 Å². The van der Waals surface area contributed by atoms with Crippen molar-refractivity contribution in [2.24, 2.45) is 0 Å². The third-order valence-corrected chi connectivity index (χ3v) is 3.70. The van der Waals surface area contributed by atoms with Crippen LogP contribution in [-0.4, -0.2) is 11.6 Å². The molecule has 0 saturated heterocycles. The van der Waals surface area contributed by atoms with Gasteiger partial charge in [-0.1, -0.05) is 44.2 Å². The number of carbonyl (C=O) groups excluding carboxylic acids is 1. The highest BCUT2D eigenvalue weighted by Crippen LogP contribution is 2.32. The molecule has 0 aliphatic heterocycles. The molecule has 0 bridgehead atoms. The molecule has 0 heterocycles. The van der Waals surface area contributed by atoms with Gasteiger partial charge in [0.1, 0.15) is 11.4 Å². The number of rotatable bonds is 4. The second-order valence-electron chi connectivity index (χ2n) is 7.31. The largest absolute Gasteiger partial charge is 0.460 e. The summed E-state index contributed by atoms with van der Waals surface area (Å²) in [6, 6.07) is 12.6. The topological polar surface area (TPSA) is 26.3 Å². The van der Waals surface area contributed by atoms with E-state index in [1.807, 2.05) is 65.0 Å². The number of hydrogen-bond acceptors (Lipinski definition) is 2. The zero-order valence-electron chi connectivity index (χ0n) is 15.0. The number of esters is 1. The Morgan fingerprint density at radius 3 is 2.29 bits per heavy atom. The van der Waals surface area contributed by atoms with Crippen molar-refractivity contribution in [3.63, 3.8) is 0 Å². The van der Waals surface area contributed by atoms with Crippen molar-refractivity contribution in [3.8, 4) is 11.1 Å². The Kier molecular flexibility index (Phi) is 5.43. The van der Waals surface area contributed by atoms with Crippen molar-refractivity contribution < 1.29 is 13.9 Å². The van der Waals surface area contributed by atoms with E-state index in [9.17, 15) is 9.18 Å². The first-order chi connectivity index (χ1) is 11.2. The van der Waals surface area contributed by atoms with E-state index in [0.717, 1.165) is 22.3 Å². The van der Waals surface area contributed by atoms with Crippen LogP contribution in [0.15, 0.2) is 42.5 Å². The highest BCUT2D eigenvalue weighted by atomic mass is 19.1. The molecule has 0 fully saturated rings. The summed E-state index contributed by atoms with van der Waals surface area (Å²) in [5, 5.41) is 0. The van der Waals surface area contributed by atoms with Gasteiger partial charge in [0.25, 0.3) is 0 Å². The van der Waals surface area contributed by atoms with Gasteiger partial charge in [-0.15, -0.1) is 0 Å². The van der Waals surface area contributed by atoms with Gasteiger partial charge in [-0.2, -0.15) is 0 Å². The number of halogens is 1. The van der Waals surface area contributed by atoms with Gasteiger partial charge in [0.05, 0.1) is 6.42 Å². The van der Waals surface area contributed by atoms with Crippen LogP contribution in [0.1, 0.15) is 51.7 Å². The molecular weight excluding hydrogens is 303 g/mol. The van der Waals surface area contributed by atoms with Crippen LogP contribution < -0.4 is 0 Å². The first-order valence-electron chi connectivity index (χ1n) is 8.27. The lowest BCUT2D eigenvalue weighted by molar-refractivity contribution is -0.153. The van der Waals surface area contributed by atoms with Gasteiger partial charge in [-0.25, -0.2) is 4.39 Å². The lowest BCUT2D eigenvalue weighted by Crippen LogP contribution is -2.25. The van der Waals surface area contributed by atoms with Crippen LogP contribution >= 0.6 is 0 Å². The Hall–Kier alpha value is -2.16. The minimum absolute atomic E-state index is 0.112. The third kappa shape index (κ3) is 4.67. The van der Waals surface area contributed by atoms with Crippen molar-refractivity contribution in [1.82, 2.24) is 0 Å². The molecule has 0 atom stereocenters. The van der Waals surface area contributed by atoms with Crippen molar-refractivity contribution in [2.75, 3.05) is 0 Å². The zero-order chi connectivity index (χ0) is 17.9. The molecule has 0 N–H and O–H groups in total. The van der Waals surface area contributed by atoms with Crippen LogP contribution in [0.4, 0.5) is 4.39 Å². The standard InChI is InChI=1S/C21H25FO2/c1-14(2)17-11-16(22)12-18(15-9-7-6-8-10-15)19(17)13-20(23)24-21(3,4)5/h6-12,14H,13H2,1-5H3. The van der Waals surface area contributed by atoms with E-state index in [-0.39, 0.29) is 24.1 Å². The van der Waals surface area contributed by atoms with Crippen LogP contribution in [0, 0.1) is 5.82 Å². The molecule has 0 amide bonds. The summed E-state index contributed by atoms with van der Waals surface area (Å²) >= 11 is 0. The van der Waals surface area contributed by atoms with Crippen LogP contribution in [0.25, 0.3) is 11.1 Å². The molecule has 2 aromatic carbocycles. The van der Waals surface area contributed by atoms with E-state index >= 15 is 0 Å². The van der Waals surface area contributed by atoms with Gasteiger partial charge >= 0.3 is 5.97 Å². The summed E-state index contributed by atoms with van der Waals surface area (Å²) in [4.78, 5) is 12.4. The van der Waals surface area contributed by atoms with Crippen LogP contribution in [-0.2, 0) is 16.0 Å². The van der Waals surface area contributed by atoms with Crippen molar-refractivity contribution in [2.45, 2.75) is 52.6 Å². The lowest BCUT2D eigenvalue weighted by atomic mass is 9.88. The molecule has 0 spiro atoms. The molecule has 0 aromatic heterocycles. The molecule has 0 aliphatic rings. The number of carbonyl (C=O) groups is 1.